The number of nitrogens with zero attached hydrogens (tertiary/aromatic N) is 2. The molecule has 0 aliphatic rings. The van der Waals surface area contributed by atoms with E-state index in [1.54, 1.807) is 6.07 Å². The summed E-state index contributed by atoms with van der Waals surface area (Å²) < 4.78 is 17.1. The third kappa shape index (κ3) is 4.25. The summed E-state index contributed by atoms with van der Waals surface area (Å²) >= 11 is 0. The molecule has 6 heteroatoms. The van der Waals surface area contributed by atoms with E-state index in [1.165, 1.54) is 5.56 Å². The maximum atomic E-state index is 9.21. The molecular formula is C20H21N3O3. The second-order valence-corrected chi connectivity index (χ2v) is 5.96. The topological polar surface area (TPSA) is 84.2 Å². The predicted molar refractivity (Wildman–Crippen MR) is 97.8 cm³/mol. The van der Waals surface area contributed by atoms with Crippen LogP contribution in [0.25, 0.3) is 11.7 Å². The number of nitrogens with one attached hydrogen (secondary N) is 1. The summed E-state index contributed by atoms with van der Waals surface area (Å²) in [6, 6.07) is 13.4. The Morgan fingerprint density at radius 2 is 1.96 bits per heavy atom. The highest BCUT2D eigenvalue weighted by molar-refractivity contribution is 5.54. The number of hydrogen-bond acceptors (Lipinski definition) is 6. The summed E-state index contributed by atoms with van der Waals surface area (Å²) in [7, 11) is 0. The minimum absolute atomic E-state index is 0.227. The maximum absolute atomic E-state index is 9.21. The molecule has 0 bridgehead atoms. The van der Waals surface area contributed by atoms with Gasteiger partial charge in [0.05, 0.1) is 0 Å². The van der Waals surface area contributed by atoms with Crippen molar-refractivity contribution in [3.05, 3.63) is 53.4 Å². The van der Waals surface area contributed by atoms with Crippen LogP contribution in [0.5, 0.6) is 5.75 Å². The fraction of sp³-hybridized carbons (Fsp3) is 0.300. The van der Waals surface area contributed by atoms with E-state index in [2.05, 4.69) is 17.2 Å². The zero-order valence-electron chi connectivity index (χ0n) is 14.9. The van der Waals surface area contributed by atoms with Crippen molar-refractivity contribution < 1.29 is 13.6 Å². The maximum Gasteiger partial charge on any atom is 0.266 e. The van der Waals surface area contributed by atoms with Gasteiger partial charge in [-0.2, -0.15) is 10.2 Å². The molecule has 3 aromatic rings. The van der Waals surface area contributed by atoms with E-state index in [0.717, 1.165) is 25.1 Å². The van der Waals surface area contributed by atoms with Crippen molar-refractivity contribution in [1.82, 2.24) is 4.98 Å². The van der Waals surface area contributed by atoms with Gasteiger partial charge in [-0.25, -0.2) is 0 Å². The third-order valence-electron chi connectivity index (χ3n) is 3.82. The van der Waals surface area contributed by atoms with E-state index >= 15 is 0 Å². The number of aromatic nitrogens is 1. The van der Waals surface area contributed by atoms with Crippen molar-refractivity contribution in [1.29, 1.82) is 5.26 Å². The summed E-state index contributed by atoms with van der Waals surface area (Å²) in [5.41, 5.74) is 1.41. The number of oxazole rings is 1. The highest BCUT2D eigenvalue weighted by Crippen LogP contribution is 2.27. The highest BCUT2D eigenvalue weighted by atomic mass is 16.5. The molecule has 0 aliphatic heterocycles. The van der Waals surface area contributed by atoms with Crippen molar-refractivity contribution >= 4 is 5.88 Å². The zero-order chi connectivity index (χ0) is 18.4. The number of rotatable bonds is 8. The Morgan fingerprint density at radius 1 is 1.15 bits per heavy atom. The van der Waals surface area contributed by atoms with Crippen molar-refractivity contribution in [2.24, 2.45) is 0 Å². The third-order valence-corrected chi connectivity index (χ3v) is 3.82. The molecule has 134 valence electrons. The van der Waals surface area contributed by atoms with E-state index in [0.29, 0.717) is 24.0 Å². The van der Waals surface area contributed by atoms with E-state index in [1.807, 2.05) is 43.3 Å². The van der Waals surface area contributed by atoms with Crippen molar-refractivity contribution in [3.63, 3.8) is 0 Å². The largest absolute Gasteiger partial charge is 0.486 e. The minimum atomic E-state index is 0.227. The molecule has 6 nitrogen and oxygen atoms in total. The molecule has 0 fully saturated rings. The van der Waals surface area contributed by atoms with Crippen molar-refractivity contribution in [2.75, 3.05) is 11.9 Å². The van der Waals surface area contributed by atoms with Crippen LogP contribution < -0.4 is 10.1 Å². The van der Waals surface area contributed by atoms with Crippen LogP contribution in [0.15, 0.2) is 45.2 Å². The first kappa shape index (κ1) is 17.6. The molecule has 0 saturated carbocycles. The molecular weight excluding hydrogens is 330 g/mol. The monoisotopic (exact) mass is 351 g/mol. The van der Waals surface area contributed by atoms with Gasteiger partial charge in [-0.3, -0.25) is 0 Å². The van der Waals surface area contributed by atoms with Gasteiger partial charge in [-0.1, -0.05) is 31.0 Å². The lowest BCUT2D eigenvalue weighted by Crippen LogP contribution is -2.00. The smallest absolute Gasteiger partial charge is 0.266 e. The number of furan rings is 1. The van der Waals surface area contributed by atoms with Crippen LogP contribution in [0.1, 0.15) is 36.8 Å². The van der Waals surface area contributed by atoms with Crippen LogP contribution in [0.4, 0.5) is 5.88 Å². The lowest BCUT2D eigenvalue weighted by atomic mass is 10.2. The number of nitriles is 1. The Morgan fingerprint density at radius 3 is 2.69 bits per heavy atom. The van der Waals surface area contributed by atoms with Crippen LogP contribution >= 0.6 is 0 Å². The second kappa shape index (κ2) is 8.26. The van der Waals surface area contributed by atoms with Crippen LogP contribution in [-0.2, 0) is 6.61 Å². The Kier molecular flexibility index (Phi) is 5.59. The highest BCUT2D eigenvalue weighted by Gasteiger charge is 2.17. The summed E-state index contributed by atoms with van der Waals surface area (Å²) in [6.45, 7) is 5.16. The van der Waals surface area contributed by atoms with Gasteiger partial charge in [0.1, 0.15) is 24.2 Å². The summed E-state index contributed by atoms with van der Waals surface area (Å²) in [5, 5.41) is 12.3. The number of benzene rings is 1. The van der Waals surface area contributed by atoms with Gasteiger partial charge < -0.3 is 18.9 Å². The average Bonchev–Trinajstić information content (AvgIpc) is 3.28. The molecule has 1 N–H and O–H groups in total. The molecule has 0 saturated heterocycles. The Balaban J connectivity index is 1.67. The minimum Gasteiger partial charge on any atom is -0.486 e. The fourth-order valence-electron chi connectivity index (χ4n) is 2.36. The molecule has 0 spiro atoms. The molecule has 2 aromatic heterocycles. The lowest BCUT2D eigenvalue weighted by molar-refractivity contribution is 0.271. The molecule has 26 heavy (non-hydrogen) atoms. The van der Waals surface area contributed by atoms with Crippen LogP contribution in [0.2, 0.25) is 0 Å². The molecule has 2 heterocycles. The Hall–Kier alpha value is -3.20. The van der Waals surface area contributed by atoms with Gasteiger partial charge >= 0.3 is 0 Å². The molecule has 0 atom stereocenters. The van der Waals surface area contributed by atoms with Crippen LogP contribution in [0.3, 0.4) is 0 Å². The number of unbranched alkanes of at least 4 members (excludes halogenated alkanes) is 1. The summed E-state index contributed by atoms with van der Waals surface area (Å²) in [4.78, 5) is 4.19. The standard InChI is InChI=1S/C20H21N3O3/c1-3-4-11-22-19-17(12-21)23-20(26-19)18-10-9-16(25-18)13-24-15-7-5-14(2)6-8-15/h5-10,22H,3-4,11,13H2,1-2H3. The molecule has 0 radical (unpaired) electrons. The van der Waals surface area contributed by atoms with E-state index in [-0.39, 0.29) is 11.6 Å². The number of hydrogen-bond donors (Lipinski definition) is 1. The molecule has 0 amide bonds. The first-order valence-corrected chi connectivity index (χ1v) is 8.63. The van der Waals surface area contributed by atoms with Gasteiger partial charge in [0.25, 0.3) is 5.89 Å². The average molecular weight is 351 g/mol. The summed E-state index contributed by atoms with van der Waals surface area (Å²) in [6.07, 6.45) is 2.04. The number of anilines is 1. The van der Waals surface area contributed by atoms with Gasteiger partial charge in [-0.05, 0) is 37.6 Å². The number of aryl methyl sites for hydroxylation is 1. The lowest BCUT2D eigenvalue weighted by Gasteiger charge is -2.04. The summed E-state index contributed by atoms with van der Waals surface area (Å²) in [5.74, 6) is 2.55. The second-order valence-electron chi connectivity index (χ2n) is 5.96. The Bertz CT molecular complexity index is 888. The molecule has 1 aromatic carbocycles. The Labute approximate surface area is 152 Å². The quantitative estimate of drug-likeness (QED) is 0.581. The first-order chi connectivity index (χ1) is 12.7. The normalized spacial score (nSPS) is 10.5. The van der Waals surface area contributed by atoms with E-state index in [4.69, 9.17) is 13.6 Å². The first-order valence-electron chi connectivity index (χ1n) is 8.63. The fourth-order valence-corrected chi connectivity index (χ4v) is 2.36. The van der Waals surface area contributed by atoms with Gasteiger partial charge in [0, 0.05) is 6.54 Å². The van der Waals surface area contributed by atoms with Crippen molar-refractivity contribution in [2.45, 2.75) is 33.3 Å². The van der Waals surface area contributed by atoms with E-state index < -0.39 is 0 Å². The van der Waals surface area contributed by atoms with Gasteiger partial charge in [0.15, 0.2) is 5.76 Å². The SMILES string of the molecule is CCCCNc1oc(-c2ccc(COc3ccc(C)cc3)o2)nc1C#N. The zero-order valence-corrected chi connectivity index (χ0v) is 14.9. The molecule has 0 aliphatic carbocycles. The molecule has 0 unspecified atom stereocenters. The van der Waals surface area contributed by atoms with Gasteiger partial charge in [-0.15, -0.1) is 0 Å². The van der Waals surface area contributed by atoms with Crippen LogP contribution in [-0.4, -0.2) is 11.5 Å². The van der Waals surface area contributed by atoms with E-state index in [9.17, 15) is 5.26 Å². The molecule has 3 rings (SSSR count). The number of ether oxygens (including phenoxy) is 1. The predicted octanol–water partition coefficient (Wildman–Crippen LogP) is 4.91. The van der Waals surface area contributed by atoms with Crippen molar-refractivity contribution in [3.8, 4) is 23.5 Å². The van der Waals surface area contributed by atoms with Crippen LogP contribution in [0, 0.1) is 18.3 Å². The van der Waals surface area contributed by atoms with Gasteiger partial charge in [0.2, 0.25) is 11.6 Å².